The smallest absolute Gasteiger partial charge is 0.248 e. The zero-order valence-electron chi connectivity index (χ0n) is 15.0. The molecular weight excluding hydrogens is 314 g/mol. The molecule has 0 saturated heterocycles. The molecule has 0 aliphatic rings. The van der Waals surface area contributed by atoms with Crippen LogP contribution in [0.2, 0.25) is 0 Å². The van der Waals surface area contributed by atoms with Crippen LogP contribution < -0.4 is 14.8 Å². The second-order valence-corrected chi connectivity index (χ2v) is 5.90. The molecule has 0 unspecified atom stereocenters. The fourth-order valence-corrected chi connectivity index (χ4v) is 2.20. The first-order valence-corrected chi connectivity index (χ1v) is 8.56. The van der Waals surface area contributed by atoms with Crippen molar-refractivity contribution in [2.75, 3.05) is 11.9 Å². The molecule has 0 spiro atoms. The van der Waals surface area contributed by atoms with Gasteiger partial charge in [0, 0.05) is 17.3 Å². The Balaban J connectivity index is 1.97. The lowest BCUT2D eigenvalue weighted by Gasteiger charge is -2.10. The van der Waals surface area contributed by atoms with Crippen LogP contribution in [0.25, 0.3) is 6.08 Å². The zero-order chi connectivity index (χ0) is 18.1. The number of benzene rings is 2. The van der Waals surface area contributed by atoms with Gasteiger partial charge in [0.15, 0.2) is 0 Å². The normalized spacial score (nSPS) is 10.9. The Morgan fingerprint density at radius 1 is 1.12 bits per heavy atom. The molecule has 0 bridgehead atoms. The van der Waals surface area contributed by atoms with Crippen LogP contribution in [0.3, 0.4) is 0 Å². The van der Waals surface area contributed by atoms with Crippen molar-refractivity contribution < 1.29 is 14.3 Å². The van der Waals surface area contributed by atoms with Gasteiger partial charge in [-0.05, 0) is 56.7 Å². The number of ether oxygens (including phenoxy) is 2. The van der Waals surface area contributed by atoms with Gasteiger partial charge >= 0.3 is 0 Å². The van der Waals surface area contributed by atoms with Crippen molar-refractivity contribution in [3.63, 3.8) is 0 Å². The van der Waals surface area contributed by atoms with Crippen molar-refractivity contribution in [1.82, 2.24) is 0 Å². The van der Waals surface area contributed by atoms with Crippen LogP contribution in [0.5, 0.6) is 11.5 Å². The van der Waals surface area contributed by atoms with E-state index in [1.807, 2.05) is 62.4 Å². The topological polar surface area (TPSA) is 47.6 Å². The maximum Gasteiger partial charge on any atom is 0.248 e. The minimum atomic E-state index is -0.192. The van der Waals surface area contributed by atoms with Crippen LogP contribution in [0, 0.1) is 0 Å². The lowest BCUT2D eigenvalue weighted by atomic mass is 10.2. The van der Waals surface area contributed by atoms with Crippen molar-refractivity contribution in [3.05, 3.63) is 60.2 Å². The van der Waals surface area contributed by atoms with Crippen LogP contribution >= 0.6 is 0 Å². The maximum absolute atomic E-state index is 12.1. The van der Waals surface area contributed by atoms with Crippen LogP contribution in [-0.2, 0) is 4.79 Å². The van der Waals surface area contributed by atoms with E-state index in [9.17, 15) is 4.79 Å². The predicted octanol–water partition coefficient (Wildman–Crippen LogP) is 4.91. The summed E-state index contributed by atoms with van der Waals surface area (Å²) in [6.45, 7) is 6.66. The second kappa shape index (κ2) is 9.52. The summed E-state index contributed by atoms with van der Waals surface area (Å²) < 4.78 is 11.3. The van der Waals surface area contributed by atoms with Gasteiger partial charge in [-0.25, -0.2) is 0 Å². The number of carbonyl (C=O) groups excluding carboxylic acids is 1. The Hall–Kier alpha value is -2.75. The molecular formula is C21H25NO3. The molecule has 0 saturated carbocycles. The van der Waals surface area contributed by atoms with E-state index < -0.39 is 0 Å². The summed E-state index contributed by atoms with van der Waals surface area (Å²) in [5.74, 6) is 1.37. The monoisotopic (exact) mass is 339 g/mol. The Morgan fingerprint density at radius 3 is 2.52 bits per heavy atom. The molecule has 2 aromatic rings. The molecule has 0 aliphatic heterocycles. The highest BCUT2D eigenvalue weighted by atomic mass is 16.5. The number of carbonyl (C=O) groups is 1. The Morgan fingerprint density at radius 2 is 1.84 bits per heavy atom. The molecule has 0 heterocycles. The Kier molecular flexibility index (Phi) is 7.08. The van der Waals surface area contributed by atoms with Gasteiger partial charge in [0.25, 0.3) is 0 Å². The largest absolute Gasteiger partial charge is 0.493 e. The van der Waals surface area contributed by atoms with Crippen LogP contribution in [0.4, 0.5) is 5.69 Å². The minimum Gasteiger partial charge on any atom is -0.493 e. The van der Waals surface area contributed by atoms with Crippen molar-refractivity contribution in [2.24, 2.45) is 0 Å². The van der Waals surface area contributed by atoms with E-state index in [1.165, 1.54) is 6.08 Å². The number of amides is 1. The molecule has 2 aromatic carbocycles. The summed E-state index contributed by atoms with van der Waals surface area (Å²) >= 11 is 0. The molecule has 0 fully saturated rings. The van der Waals surface area contributed by atoms with Gasteiger partial charge in [0.05, 0.1) is 12.7 Å². The molecule has 1 N–H and O–H groups in total. The lowest BCUT2D eigenvalue weighted by molar-refractivity contribution is -0.111. The van der Waals surface area contributed by atoms with E-state index in [0.29, 0.717) is 6.61 Å². The van der Waals surface area contributed by atoms with E-state index in [4.69, 9.17) is 9.47 Å². The van der Waals surface area contributed by atoms with Crippen LogP contribution in [-0.4, -0.2) is 18.6 Å². The number of hydrogen-bond donors (Lipinski definition) is 1. The third kappa shape index (κ3) is 6.34. The van der Waals surface area contributed by atoms with Gasteiger partial charge in [0.2, 0.25) is 5.91 Å². The van der Waals surface area contributed by atoms with E-state index >= 15 is 0 Å². The maximum atomic E-state index is 12.1. The van der Waals surface area contributed by atoms with E-state index in [0.717, 1.165) is 29.2 Å². The molecule has 25 heavy (non-hydrogen) atoms. The fraction of sp³-hybridized carbons (Fsp3) is 0.286. The zero-order valence-corrected chi connectivity index (χ0v) is 15.0. The summed E-state index contributed by atoms with van der Waals surface area (Å²) in [5.41, 5.74) is 1.60. The molecule has 1 amide bonds. The molecule has 2 rings (SSSR count). The molecule has 4 heteroatoms. The van der Waals surface area contributed by atoms with Crippen molar-refractivity contribution in [2.45, 2.75) is 33.3 Å². The fourth-order valence-electron chi connectivity index (χ4n) is 2.20. The highest BCUT2D eigenvalue weighted by molar-refractivity contribution is 6.02. The van der Waals surface area contributed by atoms with Gasteiger partial charge in [-0.15, -0.1) is 0 Å². The third-order valence-electron chi connectivity index (χ3n) is 3.29. The van der Waals surface area contributed by atoms with E-state index in [1.54, 1.807) is 6.08 Å². The average molecular weight is 339 g/mol. The summed E-state index contributed by atoms with van der Waals surface area (Å²) in [6.07, 6.45) is 4.33. The molecule has 0 aliphatic carbocycles. The number of hydrogen-bond acceptors (Lipinski definition) is 3. The number of nitrogens with one attached hydrogen (secondary N) is 1. The van der Waals surface area contributed by atoms with Crippen LogP contribution in [0.15, 0.2) is 54.6 Å². The number of rotatable bonds is 8. The van der Waals surface area contributed by atoms with E-state index in [2.05, 4.69) is 12.2 Å². The Bertz CT molecular complexity index is 705. The van der Waals surface area contributed by atoms with Crippen molar-refractivity contribution in [1.29, 1.82) is 0 Å². The standard InChI is InChI=1S/C21H25NO3/c1-4-15-24-20-8-6-5-7-17(20)9-14-21(23)22-18-10-12-19(13-11-18)25-16(2)3/h5-14,16H,4,15H2,1-3H3,(H,22,23). The molecule has 0 atom stereocenters. The predicted molar refractivity (Wildman–Crippen MR) is 102 cm³/mol. The number of para-hydroxylation sites is 1. The van der Waals surface area contributed by atoms with Crippen LogP contribution in [0.1, 0.15) is 32.8 Å². The molecule has 132 valence electrons. The van der Waals surface area contributed by atoms with Gasteiger partial charge in [-0.1, -0.05) is 25.1 Å². The second-order valence-electron chi connectivity index (χ2n) is 5.90. The number of anilines is 1. The van der Waals surface area contributed by atoms with Crippen molar-refractivity contribution >= 4 is 17.7 Å². The quantitative estimate of drug-likeness (QED) is 0.695. The van der Waals surface area contributed by atoms with E-state index in [-0.39, 0.29) is 12.0 Å². The van der Waals surface area contributed by atoms with Gasteiger partial charge in [-0.3, -0.25) is 4.79 Å². The van der Waals surface area contributed by atoms with Crippen molar-refractivity contribution in [3.8, 4) is 11.5 Å². The summed E-state index contributed by atoms with van der Waals surface area (Å²) in [6, 6.07) is 15.0. The lowest BCUT2D eigenvalue weighted by Crippen LogP contribution is -2.08. The highest BCUT2D eigenvalue weighted by Crippen LogP contribution is 2.20. The summed E-state index contributed by atoms with van der Waals surface area (Å²) in [5, 5.41) is 2.83. The minimum absolute atomic E-state index is 0.123. The highest BCUT2D eigenvalue weighted by Gasteiger charge is 2.02. The summed E-state index contributed by atoms with van der Waals surface area (Å²) in [4.78, 5) is 12.1. The first-order chi connectivity index (χ1) is 12.1. The Labute approximate surface area is 149 Å². The average Bonchev–Trinajstić information content (AvgIpc) is 2.60. The van der Waals surface area contributed by atoms with Gasteiger partial charge in [0.1, 0.15) is 11.5 Å². The van der Waals surface area contributed by atoms with Gasteiger partial charge < -0.3 is 14.8 Å². The van der Waals surface area contributed by atoms with Gasteiger partial charge in [-0.2, -0.15) is 0 Å². The SMILES string of the molecule is CCCOc1ccccc1C=CC(=O)Nc1ccc(OC(C)C)cc1. The molecule has 0 radical (unpaired) electrons. The third-order valence-corrected chi connectivity index (χ3v) is 3.29. The summed E-state index contributed by atoms with van der Waals surface area (Å²) in [7, 11) is 0. The molecule has 0 aromatic heterocycles. The first kappa shape index (κ1) is 18.6. The first-order valence-electron chi connectivity index (χ1n) is 8.56. The molecule has 4 nitrogen and oxygen atoms in total.